The van der Waals surface area contributed by atoms with Crippen molar-refractivity contribution in [2.75, 3.05) is 16.8 Å². The maximum Gasteiger partial charge on any atom is 0.416 e. The number of alkyl halides is 3. The summed E-state index contributed by atoms with van der Waals surface area (Å²) in [6.45, 7) is 0.855. The summed E-state index contributed by atoms with van der Waals surface area (Å²) in [6, 6.07) is 14.9. The summed E-state index contributed by atoms with van der Waals surface area (Å²) in [7, 11) is 0. The minimum atomic E-state index is -4.35. The molecule has 7 heteroatoms. The standard InChI is InChI=1S/C20H17F3N4/c21-20(22,23)15-7-9-16(10-8-15)25-19-24-12-11-18(26-19)27-13-3-5-14-4-1-2-6-17(14)27/h1-2,4,6-12H,3,5,13H2,(H,24,25,26). The maximum absolute atomic E-state index is 12.7. The van der Waals surface area contributed by atoms with Crippen LogP contribution in [0.15, 0.2) is 60.8 Å². The van der Waals surface area contributed by atoms with Crippen LogP contribution in [0.5, 0.6) is 0 Å². The number of anilines is 4. The van der Waals surface area contributed by atoms with Crippen LogP contribution in [0.4, 0.5) is 36.3 Å². The van der Waals surface area contributed by atoms with Crippen molar-refractivity contribution in [3.63, 3.8) is 0 Å². The number of halogens is 3. The monoisotopic (exact) mass is 370 g/mol. The number of hydrogen-bond donors (Lipinski definition) is 1. The Morgan fingerprint density at radius 2 is 1.74 bits per heavy atom. The molecule has 2 heterocycles. The number of aryl methyl sites for hydroxylation is 1. The largest absolute Gasteiger partial charge is 0.416 e. The van der Waals surface area contributed by atoms with Crippen molar-refractivity contribution in [2.24, 2.45) is 0 Å². The van der Waals surface area contributed by atoms with Gasteiger partial charge >= 0.3 is 6.18 Å². The minimum absolute atomic E-state index is 0.343. The average molecular weight is 370 g/mol. The number of rotatable bonds is 3. The lowest BCUT2D eigenvalue weighted by Crippen LogP contribution is -2.25. The smallest absolute Gasteiger partial charge is 0.326 e. The molecule has 4 nitrogen and oxygen atoms in total. The third-order valence-corrected chi connectivity index (χ3v) is 4.50. The van der Waals surface area contributed by atoms with Crippen LogP contribution in [-0.2, 0) is 12.6 Å². The van der Waals surface area contributed by atoms with Crippen LogP contribution in [0.3, 0.4) is 0 Å². The topological polar surface area (TPSA) is 41.1 Å². The minimum Gasteiger partial charge on any atom is -0.326 e. The molecule has 0 radical (unpaired) electrons. The van der Waals surface area contributed by atoms with Crippen LogP contribution in [0, 0.1) is 0 Å². The normalized spacial score (nSPS) is 14.0. The zero-order valence-corrected chi connectivity index (χ0v) is 14.4. The summed E-state index contributed by atoms with van der Waals surface area (Å²) in [5.74, 6) is 1.10. The lowest BCUT2D eigenvalue weighted by atomic mass is 10.0. The van der Waals surface area contributed by atoms with Crippen molar-refractivity contribution in [1.29, 1.82) is 0 Å². The third kappa shape index (κ3) is 3.72. The fraction of sp³-hybridized carbons (Fsp3) is 0.200. The Bertz CT molecular complexity index is 938. The highest BCUT2D eigenvalue weighted by Gasteiger charge is 2.30. The predicted octanol–water partition coefficient (Wildman–Crippen LogP) is 5.32. The molecule has 0 atom stereocenters. The maximum atomic E-state index is 12.7. The van der Waals surface area contributed by atoms with E-state index in [9.17, 15) is 13.2 Å². The van der Waals surface area contributed by atoms with Gasteiger partial charge < -0.3 is 10.2 Å². The number of para-hydroxylation sites is 1. The summed E-state index contributed by atoms with van der Waals surface area (Å²) in [5.41, 5.74) is 2.22. The fourth-order valence-corrected chi connectivity index (χ4v) is 3.20. The molecular weight excluding hydrogens is 353 g/mol. The van der Waals surface area contributed by atoms with E-state index in [0.717, 1.165) is 43.0 Å². The molecule has 3 aromatic rings. The highest BCUT2D eigenvalue weighted by Crippen LogP contribution is 2.33. The first-order valence-electron chi connectivity index (χ1n) is 8.63. The molecular formula is C20H17F3N4. The summed E-state index contributed by atoms with van der Waals surface area (Å²) in [4.78, 5) is 10.9. The quantitative estimate of drug-likeness (QED) is 0.677. The van der Waals surface area contributed by atoms with Gasteiger partial charge in [-0.3, -0.25) is 0 Å². The van der Waals surface area contributed by atoms with Gasteiger partial charge in [-0.2, -0.15) is 18.2 Å². The molecule has 1 aromatic heterocycles. The molecule has 0 fully saturated rings. The second-order valence-corrected chi connectivity index (χ2v) is 6.32. The van der Waals surface area contributed by atoms with Gasteiger partial charge in [0.05, 0.1) is 5.56 Å². The van der Waals surface area contributed by atoms with Gasteiger partial charge in [0.1, 0.15) is 5.82 Å². The van der Waals surface area contributed by atoms with E-state index >= 15 is 0 Å². The fourth-order valence-electron chi connectivity index (χ4n) is 3.20. The first kappa shape index (κ1) is 17.3. The number of aromatic nitrogens is 2. The van der Waals surface area contributed by atoms with E-state index in [4.69, 9.17) is 0 Å². The number of fused-ring (bicyclic) bond motifs is 1. The van der Waals surface area contributed by atoms with Crippen LogP contribution in [0.25, 0.3) is 0 Å². The summed E-state index contributed by atoms with van der Waals surface area (Å²) in [5, 5.41) is 2.97. The van der Waals surface area contributed by atoms with Crippen LogP contribution < -0.4 is 10.2 Å². The Kier molecular flexibility index (Phi) is 4.43. The average Bonchev–Trinajstić information content (AvgIpc) is 2.67. The second-order valence-electron chi connectivity index (χ2n) is 6.32. The Hall–Kier alpha value is -3.09. The molecule has 0 saturated carbocycles. The van der Waals surface area contributed by atoms with Crippen molar-refractivity contribution in [2.45, 2.75) is 19.0 Å². The first-order valence-corrected chi connectivity index (χ1v) is 8.63. The van der Waals surface area contributed by atoms with E-state index < -0.39 is 11.7 Å². The van der Waals surface area contributed by atoms with Gasteiger partial charge in [0, 0.05) is 24.1 Å². The van der Waals surface area contributed by atoms with Gasteiger partial charge in [-0.1, -0.05) is 18.2 Å². The molecule has 0 unspecified atom stereocenters. The molecule has 2 aromatic carbocycles. The molecule has 1 aliphatic rings. The highest BCUT2D eigenvalue weighted by molar-refractivity contribution is 5.66. The van der Waals surface area contributed by atoms with Crippen LogP contribution in [0.1, 0.15) is 17.5 Å². The van der Waals surface area contributed by atoms with Crippen LogP contribution >= 0.6 is 0 Å². The molecule has 0 spiro atoms. The number of benzene rings is 2. The molecule has 0 saturated heterocycles. The van der Waals surface area contributed by atoms with Crippen molar-refractivity contribution >= 4 is 23.1 Å². The zero-order chi connectivity index (χ0) is 18.9. The summed E-state index contributed by atoms with van der Waals surface area (Å²) >= 11 is 0. The van der Waals surface area contributed by atoms with Gasteiger partial charge in [0.2, 0.25) is 5.95 Å². The molecule has 4 rings (SSSR count). The first-order chi connectivity index (χ1) is 13.0. The Balaban J connectivity index is 1.57. The molecule has 0 amide bonds. The van der Waals surface area contributed by atoms with Gasteiger partial charge in [-0.25, -0.2) is 4.98 Å². The van der Waals surface area contributed by atoms with Crippen LogP contribution in [0.2, 0.25) is 0 Å². The lowest BCUT2D eigenvalue weighted by Gasteiger charge is -2.30. The lowest BCUT2D eigenvalue weighted by molar-refractivity contribution is -0.137. The van der Waals surface area contributed by atoms with E-state index in [1.54, 1.807) is 6.20 Å². The molecule has 138 valence electrons. The Morgan fingerprint density at radius 1 is 0.963 bits per heavy atom. The van der Waals surface area contributed by atoms with Crippen LogP contribution in [-0.4, -0.2) is 16.5 Å². The number of nitrogens with zero attached hydrogens (tertiary/aromatic N) is 3. The number of nitrogens with one attached hydrogen (secondary N) is 1. The molecule has 0 aliphatic carbocycles. The van der Waals surface area contributed by atoms with E-state index in [2.05, 4.69) is 32.3 Å². The molecule has 27 heavy (non-hydrogen) atoms. The van der Waals surface area contributed by atoms with Gasteiger partial charge in [-0.05, 0) is 54.8 Å². The van der Waals surface area contributed by atoms with E-state index in [1.807, 2.05) is 18.2 Å². The van der Waals surface area contributed by atoms with Crippen molar-refractivity contribution in [3.8, 4) is 0 Å². The second kappa shape index (κ2) is 6.90. The molecule has 0 bridgehead atoms. The number of hydrogen-bond acceptors (Lipinski definition) is 4. The SMILES string of the molecule is FC(F)(F)c1ccc(Nc2nccc(N3CCCc4ccccc43)n2)cc1. The summed E-state index contributed by atoms with van der Waals surface area (Å²) in [6.07, 6.45) is -0.639. The van der Waals surface area contributed by atoms with Crippen molar-refractivity contribution in [1.82, 2.24) is 9.97 Å². The Labute approximate surface area is 154 Å². The zero-order valence-electron chi connectivity index (χ0n) is 14.4. The van der Waals surface area contributed by atoms with Crippen molar-refractivity contribution in [3.05, 3.63) is 71.9 Å². The van der Waals surface area contributed by atoms with E-state index in [1.165, 1.54) is 17.7 Å². The third-order valence-electron chi connectivity index (χ3n) is 4.50. The van der Waals surface area contributed by atoms with E-state index in [0.29, 0.717) is 11.6 Å². The van der Waals surface area contributed by atoms with Gasteiger partial charge in [0.25, 0.3) is 0 Å². The van der Waals surface area contributed by atoms with Gasteiger partial charge in [0.15, 0.2) is 0 Å². The van der Waals surface area contributed by atoms with Gasteiger partial charge in [-0.15, -0.1) is 0 Å². The Morgan fingerprint density at radius 3 is 2.52 bits per heavy atom. The molecule has 1 aliphatic heterocycles. The highest BCUT2D eigenvalue weighted by atomic mass is 19.4. The van der Waals surface area contributed by atoms with Crippen molar-refractivity contribution < 1.29 is 13.2 Å². The molecule has 1 N–H and O–H groups in total. The summed E-state index contributed by atoms with van der Waals surface area (Å²) < 4.78 is 38.0. The van der Waals surface area contributed by atoms with E-state index in [-0.39, 0.29) is 0 Å². The predicted molar refractivity (Wildman–Crippen MR) is 98.5 cm³/mol.